The highest BCUT2D eigenvalue weighted by atomic mass is 35.5. The van der Waals surface area contributed by atoms with Crippen LogP contribution in [0.4, 0.5) is 0 Å². The third kappa shape index (κ3) is 4.03. The van der Waals surface area contributed by atoms with E-state index in [0.29, 0.717) is 22.4 Å². The van der Waals surface area contributed by atoms with Crippen molar-refractivity contribution in [3.63, 3.8) is 0 Å². The van der Waals surface area contributed by atoms with E-state index in [9.17, 15) is 4.79 Å². The number of fused-ring (bicyclic) bond motifs is 1. The summed E-state index contributed by atoms with van der Waals surface area (Å²) in [5.41, 5.74) is 4.15. The number of amides is 1. The minimum Gasteiger partial charge on any atom is -0.419 e. The molecule has 0 bridgehead atoms. The van der Waals surface area contributed by atoms with Crippen LogP contribution in [0.1, 0.15) is 40.3 Å². The predicted octanol–water partition coefficient (Wildman–Crippen LogP) is 5.36. The second-order valence-electron chi connectivity index (χ2n) is 7.99. The van der Waals surface area contributed by atoms with Crippen molar-refractivity contribution in [2.24, 2.45) is 0 Å². The van der Waals surface area contributed by atoms with E-state index in [-0.39, 0.29) is 18.5 Å². The van der Waals surface area contributed by atoms with Crippen LogP contribution in [0.15, 0.2) is 52.9 Å². The number of halogens is 1. The molecule has 1 amide bonds. The highest BCUT2D eigenvalue weighted by Crippen LogP contribution is 2.31. The van der Waals surface area contributed by atoms with Gasteiger partial charge in [0.15, 0.2) is 0 Å². The molecule has 1 aliphatic carbocycles. The lowest BCUT2D eigenvalue weighted by atomic mass is 10.1. The molecular formula is C24H21ClN4O2. The number of pyridine rings is 1. The highest BCUT2D eigenvalue weighted by Gasteiger charge is 2.35. The minimum atomic E-state index is -0.0536. The molecule has 31 heavy (non-hydrogen) atoms. The van der Waals surface area contributed by atoms with E-state index in [1.54, 1.807) is 12.1 Å². The summed E-state index contributed by atoms with van der Waals surface area (Å²) >= 11 is 5.95. The average Bonchev–Trinajstić information content (AvgIpc) is 3.49. The highest BCUT2D eigenvalue weighted by molar-refractivity contribution is 6.30. The predicted molar refractivity (Wildman–Crippen MR) is 119 cm³/mol. The summed E-state index contributed by atoms with van der Waals surface area (Å²) in [7, 11) is 0. The lowest BCUT2D eigenvalue weighted by Crippen LogP contribution is -2.33. The molecule has 0 unspecified atom stereocenters. The number of carbonyl (C=O) groups excluding carboxylic acids is 1. The van der Waals surface area contributed by atoms with Crippen LogP contribution in [0.2, 0.25) is 5.02 Å². The van der Waals surface area contributed by atoms with Crippen molar-refractivity contribution in [3.8, 4) is 11.5 Å². The number of aryl methyl sites for hydroxylation is 2. The maximum Gasteiger partial charge on any atom is 0.256 e. The summed E-state index contributed by atoms with van der Waals surface area (Å²) < 4.78 is 5.85. The summed E-state index contributed by atoms with van der Waals surface area (Å²) in [4.78, 5) is 19.9. The zero-order valence-electron chi connectivity index (χ0n) is 17.3. The van der Waals surface area contributed by atoms with Gasteiger partial charge in [-0.15, -0.1) is 10.2 Å². The Hall–Kier alpha value is -3.25. The van der Waals surface area contributed by atoms with Crippen molar-refractivity contribution in [3.05, 3.63) is 76.3 Å². The molecule has 0 N–H and O–H groups in total. The molecule has 4 aromatic rings. The van der Waals surface area contributed by atoms with Gasteiger partial charge in [-0.05, 0) is 69.2 Å². The fourth-order valence-corrected chi connectivity index (χ4v) is 3.81. The van der Waals surface area contributed by atoms with Gasteiger partial charge in [0.05, 0.1) is 23.3 Å². The Bertz CT molecular complexity index is 1280. The van der Waals surface area contributed by atoms with Crippen LogP contribution >= 0.6 is 11.6 Å². The number of benzene rings is 2. The third-order valence-electron chi connectivity index (χ3n) is 5.50. The van der Waals surface area contributed by atoms with E-state index in [0.717, 1.165) is 40.6 Å². The quantitative estimate of drug-likeness (QED) is 0.424. The summed E-state index contributed by atoms with van der Waals surface area (Å²) in [6.45, 7) is 4.18. The van der Waals surface area contributed by atoms with Gasteiger partial charge in [0.2, 0.25) is 11.8 Å². The van der Waals surface area contributed by atoms with Gasteiger partial charge in [-0.1, -0.05) is 23.2 Å². The first-order valence-electron chi connectivity index (χ1n) is 10.3. The zero-order chi connectivity index (χ0) is 21.5. The lowest BCUT2D eigenvalue weighted by molar-refractivity contribution is 0.0713. The molecule has 0 radical (unpaired) electrons. The Balaban J connectivity index is 1.43. The molecule has 2 aromatic heterocycles. The van der Waals surface area contributed by atoms with Crippen LogP contribution in [-0.2, 0) is 6.54 Å². The van der Waals surface area contributed by atoms with Crippen LogP contribution in [0.3, 0.4) is 0 Å². The van der Waals surface area contributed by atoms with Crippen LogP contribution < -0.4 is 0 Å². The van der Waals surface area contributed by atoms with Crippen LogP contribution in [-0.4, -0.2) is 32.0 Å². The number of hydrogen-bond donors (Lipinski definition) is 0. The lowest BCUT2D eigenvalue weighted by Gasteiger charge is -2.21. The molecule has 2 heterocycles. The fraction of sp³-hybridized carbons (Fsp3) is 0.250. The Morgan fingerprint density at radius 1 is 1.10 bits per heavy atom. The summed E-state index contributed by atoms with van der Waals surface area (Å²) in [6, 6.07) is 15.4. The van der Waals surface area contributed by atoms with Crippen LogP contribution in [0.25, 0.3) is 22.4 Å². The average molecular weight is 433 g/mol. The van der Waals surface area contributed by atoms with Crippen LogP contribution in [0.5, 0.6) is 0 Å². The monoisotopic (exact) mass is 432 g/mol. The van der Waals surface area contributed by atoms with E-state index in [1.165, 1.54) is 0 Å². The standard InChI is InChI=1S/C24H21ClN4O2/c1-14-3-10-21-17(11-14)12-20(15(2)26-21)24(30)29(19-8-9-19)13-22-27-28-23(31-22)16-4-6-18(25)7-5-16/h3-7,10-12,19H,8-9,13H2,1-2H3. The molecule has 156 valence electrons. The first-order valence-corrected chi connectivity index (χ1v) is 10.6. The molecule has 0 saturated heterocycles. The van der Waals surface area contributed by atoms with E-state index in [1.807, 2.05) is 49.1 Å². The van der Waals surface area contributed by atoms with Crippen molar-refractivity contribution < 1.29 is 9.21 Å². The molecule has 0 atom stereocenters. The van der Waals surface area contributed by atoms with Gasteiger partial charge in [0, 0.05) is 22.0 Å². The fourth-order valence-electron chi connectivity index (χ4n) is 3.69. The summed E-state index contributed by atoms with van der Waals surface area (Å²) in [5, 5.41) is 9.91. The van der Waals surface area contributed by atoms with Crippen molar-refractivity contribution in [1.29, 1.82) is 0 Å². The molecule has 1 saturated carbocycles. The maximum atomic E-state index is 13.5. The first kappa shape index (κ1) is 19.7. The number of nitrogens with zero attached hydrogens (tertiary/aromatic N) is 4. The molecule has 1 fully saturated rings. The maximum absolute atomic E-state index is 13.5. The topological polar surface area (TPSA) is 72.1 Å². The SMILES string of the molecule is Cc1ccc2nc(C)c(C(=O)N(Cc3nnc(-c4ccc(Cl)cc4)o3)C3CC3)cc2c1. The largest absolute Gasteiger partial charge is 0.419 e. The van der Waals surface area contributed by atoms with Gasteiger partial charge in [0.25, 0.3) is 5.91 Å². The molecule has 7 heteroatoms. The molecule has 0 aliphatic heterocycles. The summed E-state index contributed by atoms with van der Waals surface area (Å²) in [5.74, 6) is 0.767. The molecule has 0 spiro atoms. The van der Waals surface area contributed by atoms with Gasteiger partial charge in [-0.25, -0.2) is 0 Å². The molecule has 1 aliphatic rings. The third-order valence-corrected chi connectivity index (χ3v) is 5.76. The molecular weight excluding hydrogens is 412 g/mol. The Labute approximate surface area is 184 Å². The van der Waals surface area contributed by atoms with Gasteiger partial charge in [0.1, 0.15) is 0 Å². The molecule has 6 nitrogen and oxygen atoms in total. The van der Waals surface area contributed by atoms with Crippen molar-refractivity contribution >= 4 is 28.4 Å². The normalized spacial score (nSPS) is 13.5. The first-order chi connectivity index (χ1) is 15.0. The zero-order valence-corrected chi connectivity index (χ0v) is 18.1. The van der Waals surface area contributed by atoms with Gasteiger partial charge < -0.3 is 9.32 Å². The number of aromatic nitrogens is 3. The number of hydrogen-bond acceptors (Lipinski definition) is 5. The second kappa shape index (κ2) is 7.78. The Kier molecular flexibility index (Phi) is 4.94. The smallest absolute Gasteiger partial charge is 0.256 e. The summed E-state index contributed by atoms with van der Waals surface area (Å²) in [6.07, 6.45) is 1.95. The van der Waals surface area contributed by atoms with Crippen LogP contribution in [0, 0.1) is 13.8 Å². The second-order valence-corrected chi connectivity index (χ2v) is 8.43. The van der Waals surface area contributed by atoms with E-state index < -0.39 is 0 Å². The number of rotatable bonds is 5. The molecule has 2 aromatic carbocycles. The van der Waals surface area contributed by atoms with Crippen molar-refractivity contribution in [2.75, 3.05) is 0 Å². The number of carbonyl (C=O) groups is 1. The van der Waals surface area contributed by atoms with Crippen molar-refractivity contribution in [2.45, 2.75) is 39.3 Å². The van der Waals surface area contributed by atoms with Crippen molar-refractivity contribution in [1.82, 2.24) is 20.1 Å². The van der Waals surface area contributed by atoms with E-state index >= 15 is 0 Å². The van der Waals surface area contributed by atoms with E-state index in [4.69, 9.17) is 16.0 Å². The Morgan fingerprint density at radius 2 is 1.87 bits per heavy atom. The van der Waals surface area contributed by atoms with Gasteiger partial charge >= 0.3 is 0 Å². The van der Waals surface area contributed by atoms with E-state index in [2.05, 4.69) is 21.2 Å². The molecule has 5 rings (SSSR count). The Morgan fingerprint density at radius 3 is 2.61 bits per heavy atom. The van der Waals surface area contributed by atoms with Gasteiger partial charge in [-0.2, -0.15) is 0 Å². The minimum absolute atomic E-state index is 0.0536. The van der Waals surface area contributed by atoms with Gasteiger partial charge in [-0.3, -0.25) is 9.78 Å².